The van der Waals surface area contributed by atoms with E-state index < -0.39 is 0 Å². The first-order valence-electron chi connectivity index (χ1n) is 5.76. The Balaban J connectivity index is 2.04. The molecule has 2 aromatic rings. The third kappa shape index (κ3) is 3.11. The van der Waals surface area contributed by atoms with Gasteiger partial charge in [0.2, 0.25) is 0 Å². The van der Waals surface area contributed by atoms with Gasteiger partial charge in [-0.05, 0) is 30.7 Å². The first-order chi connectivity index (χ1) is 8.70. The lowest BCUT2D eigenvalue weighted by Crippen LogP contribution is -2.25. The Labute approximate surface area is 114 Å². The molecule has 1 aromatic heterocycles. The molecule has 1 amide bonds. The van der Waals surface area contributed by atoms with Gasteiger partial charge in [-0.2, -0.15) is 0 Å². The summed E-state index contributed by atoms with van der Waals surface area (Å²) in [6, 6.07) is 7.72. The number of carbonyl (C=O) groups excluding carboxylic acids is 1. The number of carbonyl (C=O) groups is 1. The van der Waals surface area contributed by atoms with Crippen molar-refractivity contribution in [3.8, 4) is 0 Å². The van der Waals surface area contributed by atoms with Crippen molar-refractivity contribution in [1.29, 1.82) is 0 Å². The van der Waals surface area contributed by atoms with Crippen LogP contribution in [0.2, 0.25) is 0 Å². The number of ether oxygens (including phenoxy) is 1. The van der Waals surface area contributed by atoms with Crippen molar-refractivity contribution < 1.29 is 9.53 Å². The zero-order valence-corrected chi connectivity index (χ0v) is 11.7. The summed E-state index contributed by atoms with van der Waals surface area (Å²) in [7, 11) is 1.65. The van der Waals surface area contributed by atoms with Gasteiger partial charge >= 0.3 is 0 Å². The molecule has 1 heterocycles. The Morgan fingerprint density at radius 1 is 1.44 bits per heavy atom. The van der Waals surface area contributed by atoms with Crippen molar-refractivity contribution in [3.63, 3.8) is 0 Å². The van der Waals surface area contributed by atoms with E-state index in [1.54, 1.807) is 7.11 Å². The van der Waals surface area contributed by atoms with Gasteiger partial charge in [-0.3, -0.25) is 4.79 Å². The van der Waals surface area contributed by atoms with Crippen LogP contribution < -0.4 is 5.32 Å². The van der Waals surface area contributed by atoms with Crippen LogP contribution >= 0.6 is 15.9 Å². The number of amides is 1. The summed E-state index contributed by atoms with van der Waals surface area (Å²) in [5, 5.41) is 3.87. The van der Waals surface area contributed by atoms with Crippen LogP contribution in [-0.2, 0) is 4.74 Å². The predicted octanol–water partition coefficient (Wildman–Crippen LogP) is 2.70. The zero-order chi connectivity index (χ0) is 13.0. The standard InChI is InChI=1S/C13H15BrN2O2/c1-18-6-2-5-15-13(17)12-8-9-7-10(14)3-4-11(9)16-12/h3-4,7-8,16H,2,5-6H2,1H3,(H,15,17). The summed E-state index contributed by atoms with van der Waals surface area (Å²) in [5.41, 5.74) is 1.54. The second-order valence-corrected chi connectivity index (χ2v) is 4.93. The van der Waals surface area contributed by atoms with Gasteiger partial charge in [0.1, 0.15) is 5.69 Å². The van der Waals surface area contributed by atoms with Crippen molar-refractivity contribution in [2.75, 3.05) is 20.3 Å². The van der Waals surface area contributed by atoms with Gasteiger partial charge in [0.25, 0.3) is 5.91 Å². The molecular weight excluding hydrogens is 296 g/mol. The van der Waals surface area contributed by atoms with Gasteiger partial charge in [-0.25, -0.2) is 0 Å². The molecule has 18 heavy (non-hydrogen) atoms. The molecule has 2 N–H and O–H groups in total. The highest BCUT2D eigenvalue weighted by atomic mass is 79.9. The van der Waals surface area contributed by atoms with Gasteiger partial charge in [0.05, 0.1) is 0 Å². The summed E-state index contributed by atoms with van der Waals surface area (Å²) in [4.78, 5) is 15.0. The summed E-state index contributed by atoms with van der Waals surface area (Å²) in [6.07, 6.45) is 0.814. The minimum Gasteiger partial charge on any atom is -0.385 e. The first kappa shape index (κ1) is 13.1. The molecule has 0 bridgehead atoms. The summed E-state index contributed by atoms with van der Waals surface area (Å²) >= 11 is 3.41. The molecular formula is C13H15BrN2O2. The molecule has 4 nitrogen and oxygen atoms in total. The number of aromatic amines is 1. The van der Waals surface area contributed by atoms with Crippen LogP contribution in [0.1, 0.15) is 16.9 Å². The van der Waals surface area contributed by atoms with Gasteiger partial charge < -0.3 is 15.0 Å². The van der Waals surface area contributed by atoms with E-state index in [-0.39, 0.29) is 5.91 Å². The van der Waals surface area contributed by atoms with Crippen LogP contribution in [0.4, 0.5) is 0 Å². The largest absolute Gasteiger partial charge is 0.385 e. The maximum atomic E-state index is 11.9. The number of benzene rings is 1. The highest BCUT2D eigenvalue weighted by molar-refractivity contribution is 9.10. The lowest BCUT2D eigenvalue weighted by molar-refractivity contribution is 0.0944. The average Bonchev–Trinajstić information content (AvgIpc) is 2.77. The molecule has 1 aromatic carbocycles. The molecule has 5 heteroatoms. The molecule has 0 spiro atoms. The van der Waals surface area contributed by atoms with Crippen molar-refractivity contribution in [3.05, 3.63) is 34.4 Å². The molecule has 0 radical (unpaired) electrons. The number of hydrogen-bond donors (Lipinski definition) is 2. The van der Waals surface area contributed by atoms with Gasteiger partial charge in [-0.1, -0.05) is 15.9 Å². The molecule has 0 fully saturated rings. The Bertz CT molecular complexity index is 551. The Hall–Kier alpha value is -1.33. The minimum atomic E-state index is -0.0848. The van der Waals surface area contributed by atoms with Crippen molar-refractivity contribution in [2.45, 2.75) is 6.42 Å². The number of nitrogens with one attached hydrogen (secondary N) is 2. The average molecular weight is 311 g/mol. The smallest absolute Gasteiger partial charge is 0.267 e. The molecule has 2 rings (SSSR count). The summed E-state index contributed by atoms with van der Waals surface area (Å²) in [6.45, 7) is 1.27. The van der Waals surface area contributed by atoms with E-state index in [2.05, 4.69) is 26.2 Å². The zero-order valence-electron chi connectivity index (χ0n) is 10.1. The third-order valence-corrected chi connectivity index (χ3v) is 3.13. The molecule has 0 saturated carbocycles. The first-order valence-corrected chi connectivity index (χ1v) is 6.55. The number of aromatic nitrogens is 1. The van der Waals surface area contributed by atoms with E-state index in [1.807, 2.05) is 24.3 Å². The monoisotopic (exact) mass is 310 g/mol. The number of halogens is 1. The number of methoxy groups -OCH3 is 1. The SMILES string of the molecule is COCCCNC(=O)c1cc2cc(Br)ccc2[nH]1. The van der Waals surface area contributed by atoms with Crippen LogP contribution in [0.3, 0.4) is 0 Å². The van der Waals surface area contributed by atoms with E-state index >= 15 is 0 Å². The van der Waals surface area contributed by atoms with Crippen LogP contribution in [0, 0.1) is 0 Å². The predicted molar refractivity (Wildman–Crippen MR) is 74.8 cm³/mol. The molecule has 0 unspecified atom stereocenters. The van der Waals surface area contributed by atoms with Crippen molar-refractivity contribution in [1.82, 2.24) is 10.3 Å². The second-order valence-electron chi connectivity index (χ2n) is 4.02. The fourth-order valence-electron chi connectivity index (χ4n) is 1.74. The fourth-order valence-corrected chi connectivity index (χ4v) is 2.12. The van der Waals surface area contributed by atoms with Gasteiger partial charge in [0.15, 0.2) is 0 Å². The number of rotatable bonds is 5. The lowest BCUT2D eigenvalue weighted by Gasteiger charge is -2.02. The number of hydrogen-bond acceptors (Lipinski definition) is 2. The minimum absolute atomic E-state index is 0.0848. The summed E-state index contributed by atoms with van der Waals surface area (Å²) < 4.78 is 5.93. The second kappa shape index (κ2) is 6.02. The van der Waals surface area contributed by atoms with E-state index in [0.29, 0.717) is 18.8 Å². The molecule has 0 aliphatic heterocycles. The third-order valence-electron chi connectivity index (χ3n) is 2.64. The highest BCUT2D eigenvalue weighted by Gasteiger charge is 2.08. The normalized spacial score (nSPS) is 10.8. The van der Waals surface area contributed by atoms with Crippen molar-refractivity contribution >= 4 is 32.7 Å². The Morgan fingerprint density at radius 2 is 2.28 bits per heavy atom. The molecule has 0 atom stereocenters. The van der Waals surface area contributed by atoms with E-state index in [1.165, 1.54) is 0 Å². The quantitative estimate of drug-likeness (QED) is 0.834. The van der Waals surface area contributed by atoms with Crippen LogP contribution in [0.5, 0.6) is 0 Å². The van der Waals surface area contributed by atoms with Crippen LogP contribution in [0.25, 0.3) is 10.9 Å². The van der Waals surface area contributed by atoms with Gasteiger partial charge in [-0.15, -0.1) is 0 Å². The lowest BCUT2D eigenvalue weighted by atomic mass is 10.2. The maximum absolute atomic E-state index is 11.9. The molecule has 96 valence electrons. The molecule has 0 saturated heterocycles. The molecule has 0 aliphatic carbocycles. The van der Waals surface area contributed by atoms with Crippen LogP contribution in [0.15, 0.2) is 28.7 Å². The van der Waals surface area contributed by atoms with Crippen LogP contribution in [-0.4, -0.2) is 31.2 Å². The number of H-pyrrole nitrogens is 1. The van der Waals surface area contributed by atoms with Gasteiger partial charge in [0, 0.05) is 35.6 Å². The highest BCUT2D eigenvalue weighted by Crippen LogP contribution is 2.20. The molecule has 0 aliphatic rings. The maximum Gasteiger partial charge on any atom is 0.267 e. The van der Waals surface area contributed by atoms with E-state index in [4.69, 9.17) is 4.74 Å². The fraction of sp³-hybridized carbons (Fsp3) is 0.308. The van der Waals surface area contributed by atoms with E-state index in [9.17, 15) is 4.79 Å². The summed E-state index contributed by atoms with van der Waals surface area (Å²) in [5.74, 6) is -0.0848. The van der Waals surface area contributed by atoms with Crippen molar-refractivity contribution in [2.24, 2.45) is 0 Å². The Morgan fingerprint density at radius 3 is 3.06 bits per heavy atom. The van der Waals surface area contributed by atoms with E-state index in [0.717, 1.165) is 21.8 Å². The number of fused-ring (bicyclic) bond motifs is 1. The topological polar surface area (TPSA) is 54.1 Å². The Kier molecular flexibility index (Phi) is 4.38.